The van der Waals surface area contributed by atoms with Crippen molar-refractivity contribution < 1.29 is 0 Å². The largest absolute Gasteiger partial charge is 0.327 e. The van der Waals surface area contributed by atoms with Crippen LogP contribution in [0.3, 0.4) is 0 Å². The maximum absolute atomic E-state index is 6.38. The number of hydrogen-bond donors (Lipinski definition) is 1. The summed E-state index contributed by atoms with van der Waals surface area (Å²) < 4.78 is 0. The van der Waals surface area contributed by atoms with E-state index in [4.69, 9.17) is 5.73 Å². The van der Waals surface area contributed by atoms with E-state index in [0.717, 1.165) is 11.8 Å². The van der Waals surface area contributed by atoms with Gasteiger partial charge in [0, 0.05) is 6.04 Å². The molecular weight excluding hydrogens is 182 g/mol. The molecule has 3 atom stereocenters. The van der Waals surface area contributed by atoms with Crippen molar-refractivity contribution in [1.29, 1.82) is 0 Å². The van der Waals surface area contributed by atoms with Gasteiger partial charge in [-0.1, -0.05) is 47.5 Å². The van der Waals surface area contributed by atoms with Crippen LogP contribution >= 0.6 is 0 Å². The van der Waals surface area contributed by atoms with E-state index in [9.17, 15) is 0 Å². The van der Waals surface area contributed by atoms with E-state index in [1.54, 1.807) is 0 Å². The lowest BCUT2D eigenvalue weighted by Gasteiger charge is -2.44. The monoisotopic (exact) mass is 211 g/mol. The summed E-state index contributed by atoms with van der Waals surface area (Å²) in [5, 5.41) is 0. The fourth-order valence-electron chi connectivity index (χ4n) is 3.19. The summed E-state index contributed by atoms with van der Waals surface area (Å²) in [7, 11) is 0. The first-order valence-corrected chi connectivity index (χ1v) is 6.59. The molecule has 1 rings (SSSR count). The van der Waals surface area contributed by atoms with Gasteiger partial charge in [0.1, 0.15) is 0 Å². The number of rotatable bonds is 2. The zero-order valence-electron chi connectivity index (χ0n) is 11.2. The van der Waals surface area contributed by atoms with Crippen molar-refractivity contribution >= 4 is 0 Å². The second-order valence-electron chi connectivity index (χ2n) is 6.74. The zero-order valence-corrected chi connectivity index (χ0v) is 11.2. The predicted octanol–water partition coefficient (Wildman–Crippen LogP) is 3.82. The van der Waals surface area contributed by atoms with Crippen molar-refractivity contribution in [2.24, 2.45) is 28.9 Å². The molecule has 1 aliphatic rings. The molecule has 0 amide bonds. The van der Waals surface area contributed by atoms with Crippen molar-refractivity contribution in [3.63, 3.8) is 0 Å². The van der Waals surface area contributed by atoms with Crippen molar-refractivity contribution in [3.8, 4) is 0 Å². The summed E-state index contributed by atoms with van der Waals surface area (Å²) in [6.07, 6.45) is 5.52. The Morgan fingerprint density at radius 2 is 1.60 bits per heavy atom. The molecule has 0 radical (unpaired) electrons. The van der Waals surface area contributed by atoms with E-state index in [2.05, 4.69) is 34.6 Å². The van der Waals surface area contributed by atoms with Gasteiger partial charge in [-0.2, -0.15) is 0 Å². The molecule has 90 valence electrons. The van der Waals surface area contributed by atoms with Crippen LogP contribution in [-0.2, 0) is 0 Å². The SMILES string of the molecule is CC(C)C(N)C1CCCCC1C(C)(C)C. The molecular formula is C14H29N. The minimum Gasteiger partial charge on any atom is -0.327 e. The smallest absolute Gasteiger partial charge is 0.00932 e. The summed E-state index contributed by atoms with van der Waals surface area (Å²) in [4.78, 5) is 0. The lowest BCUT2D eigenvalue weighted by molar-refractivity contribution is 0.0778. The van der Waals surface area contributed by atoms with Gasteiger partial charge in [-0.05, 0) is 36.0 Å². The highest BCUT2D eigenvalue weighted by Crippen LogP contribution is 2.43. The maximum Gasteiger partial charge on any atom is 0.00932 e. The summed E-state index contributed by atoms with van der Waals surface area (Å²) in [5.41, 5.74) is 6.81. The van der Waals surface area contributed by atoms with Crippen molar-refractivity contribution in [3.05, 3.63) is 0 Å². The Hall–Kier alpha value is -0.0400. The van der Waals surface area contributed by atoms with Gasteiger partial charge < -0.3 is 5.73 Å². The number of hydrogen-bond acceptors (Lipinski definition) is 1. The first-order valence-electron chi connectivity index (χ1n) is 6.59. The number of nitrogens with two attached hydrogens (primary N) is 1. The fourth-order valence-corrected chi connectivity index (χ4v) is 3.19. The van der Waals surface area contributed by atoms with Crippen molar-refractivity contribution in [2.45, 2.75) is 66.3 Å². The Morgan fingerprint density at radius 1 is 1.07 bits per heavy atom. The van der Waals surface area contributed by atoms with Gasteiger partial charge in [-0.25, -0.2) is 0 Å². The lowest BCUT2D eigenvalue weighted by atomic mass is 9.63. The van der Waals surface area contributed by atoms with Crippen LogP contribution in [0.15, 0.2) is 0 Å². The minimum absolute atomic E-state index is 0.398. The summed E-state index contributed by atoms with van der Waals surface area (Å²) >= 11 is 0. The molecule has 1 nitrogen and oxygen atoms in total. The van der Waals surface area contributed by atoms with Gasteiger partial charge in [-0.15, -0.1) is 0 Å². The van der Waals surface area contributed by atoms with Crippen LogP contribution in [0.2, 0.25) is 0 Å². The average molecular weight is 211 g/mol. The Labute approximate surface area is 95.8 Å². The highest BCUT2D eigenvalue weighted by molar-refractivity contribution is 4.90. The molecule has 15 heavy (non-hydrogen) atoms. The summed E-state index contributed by atoms with van der Waals surface area (Å²) in [5.74, 6) is 2.19. The molecule has 0 aromatic heterocycles. The van der Waals surface area contributed by atoms with Crippen molar-refractivity contribution in [1.82, 2.24) is 0 Å². The lowest BCUT2D eigenvalue weighted by Crippen LogP contribution is -2.44. The average Bonchev–Trinajstić information content (AvgIpc) is 2.15. The Morgan fingerprint density at radius 3 is 2.07 bits per heavy atom. The van der Waals surface area contributed by atoms with Gasteiger partial charge >= 0.3 is 0 Å². The van der Waals surface area contributed by atoms with Gasteiger partial charge in [0.25, 0.3) is 0 Å². The predicted molar refractivity (Wildman–Crippen MR) is 67.7 cm³/mol. The van der Waals surface area contributed by atoms with Crippen LogP contribution in [0.4, 0.5) is 0 Å². The third kappa shape index (κ3) is 3.21. The van der Waals surface area contributed by atoms with Gasteiger partial charge in [-0.3, -0.25) is 0 Å². The maximum atomic E-state index is 6.38. The standard InChI is InChI=1S/C14H29N/c1-10(2)13(15)11-8-6-7-9-12(11)14(3,4)5/h10-13H,6-9,15H2,1-5H3. The van der Waals surface area contributed by atoms with E-state index in [1.165, 1.54) is 25.7 Å². The third-order valence-electron chi connectivity index (χ3n) is 4.20. The molecule has 1 saturated carbocycles. The summed E-state index contributed by atoms with van der Waals surface area (Å²) in [6, 6.07) is 0.398. The first-order chi connectivity index (χ1) is 6.84. The van der Waals surface area contributed by atoms with Crippen LogP contribution in [0, 0.1) is 23.2 Å². The second kappa shape index (κ2) is 4.86. The third-order valence-corrected chi connectivity index (χ3v) is 4.20. The van der Waals surface area contributed by atoms with Gasteiger partial charge in [0.15, 0.2) is 0 Å². The molecule has 2 N–H and O–H groups in total. The Kier molecular flexibility index (Phi) is 4.22. The highest BCUT2D eigenvalue weighted by Gasteiger charge is 2.37. The van der Waals surface area contributed by atoms with Crippen LogP contribution in [0.25, 0.3) is 0 Å². The van der Waals surface area contributed by atoms with E-state index in [1.807, 2.05) is 0 Å². The molecule has 1 fully saturated rings. The topological polar surface area (TPSA) is 26.0 Å². The molecule has 0 aromatic rings. The molecule has 1 heteroatoms. The Bertz CT molecular complexity index is 190. The normalized spacial score (nSPS) is 30.6. The van der Waals surface area contributed by atoms with Gasteiger partial charge in [0.2, 0.25) is 0 Å². The van der Waals surface area contributed by atoms with E-state index < -0.39 is 0 Å². The molecule has 0 aromatic carbocycles. The van der Waals surface area contributed by atoms with Crippen LogP contribution < -0.4 is 5.73 Å². The quantitative estimate of drug-likeness (QED) is 0.738. The molecule has 0 bridgehead atoms. The molecule has 0 saturated heterocycles. The zero-order chi connectivity index (χ0) is 11.6. The summed E-state index contributed by atoms with van der Waals surface area (Å²) in [6.45, 7) is 11.7. The van der Waals surface area contributed by atoms with Crippen LogP contribution in [0.1, 0.15) is 60.3 Å². The van der Waals surface area contributed by atoms with E-state index >= 15 is 0 Å². The first kappa shape index (κ1) is 13.0. The van der Waals surface area contributed by atoms with Crippen LogP contribution in [0.5, 0.6) is 0 Å². The Balaban J connectivity index is 2.74. The molecule has 0 aliphatic heterocycles. The van der Waals surface area contributed by atoms with Crippen molar-refractivity contribution in [2.75, 3.05) is 0 Å². The molecule has 1 aliphatic carbocycles. The highest BCUT2D eigenvalue weighted by atomic mass is 14.7. The van der Waals surface area contributed by atoms with Gasteiger partial charge in [0.05, 0.1) is 0 Å². The minimum atomic E-state index is 0.398. The van der Waals surface area contributed by atoms with Crippen LogP contribution in [-0.4, -0.2) is 6.04 Å². The fraction of sp³-hybridized carbons (Fsp3) is 1.00. The molecule has 3 unspecified atom stereocenters. The van der Waals surface area contributed by atoms with E-state index in [0.29, 0.717) is 17.4 Å². The molecule has 0 heterocycles. The van der Waals surface area contributed by atoms with E-state index in [-0.39, 0.29) is 0 Å². The second-order valence-corrected chi connectivity index (χ2v) is 6.74. The molecule has 0 spiro atoms.